The van der Waals surface area contributed by atoms with Crippen molar-refractivity contribution in [3.63, 3.8) is 0 Å². The lowest BCUT2D eigenvalue weighted by molar-refractivity contribution is -0.147. The standard InChI is InChI=1S/C11H17F3N2O3/c1-7(6-11(12,13)14)15-9(19)16-5-3-4-10(16,2)8(17)18/h7H,3-6H2,1-2H3,(H,15,19)(H,17,18). The molecule has 5 nitrogen and oxygen atoms in total. The van der Waals surface area contributed by atoms with Gasteiger partial charge in [-0.2, -0.15) is 13.2 Å². The van der Waals surface area contributed by atoms with Gasteiger partial charge in [0.25, 0.3) is 0 Å². The normalized spacial score (nSPS) is 25.2. The average Bonchev–Trinajstić information content (AvgIpc) is 2.58. The monoisotopic (exact) mass is 282 g/mol. The van der Waals surface area contributed by atoms with Crippen LogP contribution >= 0.6 is 0 Å². The van der Waals surface area contributed by atoms with Gasteiger partial charge in [0.1, 0.15) is 5.54 Å². The summed E-state index contributed by atoms with van der Waals surface area (Å²) >= 11 is 0. The molecule has 0 radical (unpaired) electrons. The molecule has 19 heavy (non-hydrogen) atoms. The van der Waals surface area contributed by atoms with E-state index in [2.05, 4.69) is 5.32 Å². The van der Waals surface area contributed by atoms with Crippen LogP contribution in [-0.2, 0) is 4.79 Å². The van der Waals surface area contributed by atoms with Crippen molar-refractivity contribution in [2.75, 3.05) is 6.54 Å². The number of amides is 2. The molecule has 110 valence electrons. The van der Waals surface area contributed by atoms with Crippen LogP contribution in [0.4, 0.5) is 18.0 Å². The van der Waals surface area contributed by atoms with E-state index in [1.165, 1.54) is 13.8 Å². The van der Waals surface area contributed by atoms with E-state index in [1.807, 2.05) is 0 Å². The van der Waals surface area contributed by atoms with Crippen molar-refractivity contribution in [1.82, 2.24) is 10.2 Å². The molecule has 1 rings (SSSR count). The van der Waals surface area contributed by atoms with Crippen LogP contribution in [0.3, 0.4) is 0 Å². The highest BCUT2D eigenvalue weighted by Gasteiger charge is 2.46. The summed E-state index contributed by atoms with van der Waals surface area (Å²) < 4.78 is 36.5. The highest BCUT2D eigenvalue weighted by molar-refractivity contribution is 5.86. The fraction of sp³-hybridized carbons (Fsp3) is 0.818. The van der Waals surface area contributed by atoms with Crippen LogP contribution in [0.5, 0.6) is 0 Å². The molecular formula is C11H17F3N2O3. The molecule has 2 N–H and O–H groups in total. The Hall–Kier alpha value is -1.47. The van der Waals surface area contributed by atoms with Crippen molar-refractivity contribution in [2.45, 2.75) is 50.9 Å². The molecule has 0 spiro atoms. The highest BCUT2D eigenvalue weighted by atomic mass is 19.4. The number of alkyl halides is 3. The summed E-state index contributed by atoms with van der Waals surface area (Å²) in [6.07, 6.45) is -4.70. The van der Waals surface area contributed by atoms with E-state index < -0.39 is 36.2 Å². The predicted molar refractivity (Wildman–Crippen MR) is 60.6 cm³/mol. The maximum absolute atomic E-state index is 12.2. The number of likely N-dealkylation sites (tertiary alicyclic amines) is 1. The van der Waals surface area contributed by atoms with Gasteiger partial charge in [0.15, 0.2) is 0 Å². The zero-order valence-electron chi connectivity index (χ0n) is 10.8. The first-order valence-corrected chi connectivity index (χ1v) is 5.94. The quantitative estimate of drug-likeness (QED) is 0.831. The number of aliphatic carboxylic acids is 1. The lowest BCUT2D eigenvalue weighted by Crippen LogP contribution is -2.55. The topological polar surface area (TPSA) is 69.6 Å². The van der Waals surface area contributed by atoms with Gasteiger partial charge in [0.2, 0.25) is 0 Å². The number of carboxylic acids is 1. The number of nitrogens with zero attached hydrogens (tertiary/aromatic N) is 1. The third-order valence-corrected chi connectivity index (χ3v) is 3.25. The molecule has 2 atom stereocenters. The molecule has 0 aromatic heterocycles. The van der Waals surface area contributed by atoms with Crippen molar-refractivity contribution >= 4 is 12.0 Å². The lowest BCUT2D eigenvalue weighted by Gasteiger charge is -2.32. The van der Waals surface area contributed by atoms with Crippen molar-refractivity contribution < 1.29 is 27.9 Å². The minimum absolute atomic E-state index is 0.230. The third kappa shape index (κ3) is 3.74. The molecule has 0 saturated carbocycles. The second-order valence-electron chi connectivity index (χ2n) is 5.00. The second kappa shape index (κ2) is 5.26. The smallest absolute Gasteiger partial charge is 0.391 e. The Bertz CT molecular complexity index is 373. The van der Waals surface area contributed by atoms with Gasteiger partial charge in [0, 0.05) is 12.6 Å². The van der Waals surface area contributed by atoms with E-state index in [1.54, 1.807) is 0 Å². The maximum Gasteiger partial charge on any atom is 0.391 e. The zero-order chi connectivity index (χ0) is 14.8. The minimum Gasteiger partial charge on any atom is -0.480 e. The molecule has 0 aromatic rings. The number of nitrogens with one attached hydrogen (secondary N) is 1. The van der Waals surface area contributed by atoms with Gasteiger partial charge < -0.3 is 15.3 Å². The molecule has 0 aliphatic carbocycles. The minimum atomic E-state index is -4.37. The predicted octanol–water partition coefficient (Wildman–Crippen LogP) is 1.98. The molecule has 2 amide bonds. The highest BCUT2D eigenvalue weighted by Crippen LogP contribution is 2.29. The van der Waals surface area contributed by atoms with Gasteiger partial charge >= 0.3 is 18.2 Å². The molecule has 1 aliphatic heterocycles. The van der Waals surface area contributed by atoms with Crippen molar-refractivity contribution in [3.8, 4) is 0 Å². The Morgan fingerprint density at radius 2 is 2.05 bits per heavy atom. The molecule has 1 heterocycles. The first kappa shape index (κ1) is 15.6. The van der Waals surface area contributed by atoms with E-state index in [0.717, 1.165) is 4.90 Å². The number of halogens is 3. The molecule has 1 aliphatic rings. The van der Waals surface area contributed by atoms with Crippen LogP contribution < -0.4 is 5.32 Å². The van der Waals surface area contributed by atoms with E-state index in [-0.39, 0.29) is 6.54 Å². The number of hydrogen-bond donors (Lipinski definition) is 2. The third-order valence-electron chi connectivity index (χ3n) is 3.25. The molecule has 1 fully saturated rings. The summed E-state index contributed by atoms with van der Waals surface area (Å²) in [5, 5.41) is 11.3. The van der Waals surface area contributed by atoms with Crippen LogP contribution in [0, 0.1) is 0 Å². The fourth-order valence-corrected chi connectivity index (χ4v) is 2.20. The number of carbonyl (C=O) groups is 2. The fourth-order valence-electron chi connectivity index (χ4n) is 2.20. The Morgan fingerprint density at radius 3 is 2.53 bits per heavy atom. The number of carbonyl (C=O) groups excluding carboxylic acids is 1. The Morgan fingerprint density at radius 1 is 1.47 bits per heavy atom. The van der Waals surface area contributed by atoms with E-state index in [9.17, 15) is 22.8 Å². The molecule has 0 aromatic carbocycles. The van der Waals surface area contributed by atoms with Gasteiger partial charge in [-0.15, -0.1) is 0 Å². The first-order valence-electron chi connectivity index (χ1n) is 5.94. The first-order chi connectivity index (χ1) is 8.56. The molecular weight excluding hydrogens is 265 g/mol. The largest absolute Gasteiger partial charge is 0.480 e. The van der Waals surface area contributed by atoms with E-state index in [4.69, 9.17) is 5.11 Å². The van der Waals surface area contributed by atoms with Crippen molar-refractivity contribution in [2.24, 2.45) is 0 Å². The Balaban J connectivity index is 2.66. The summed E-state index contributed by atoms with van der Waals surface area (Å²) in [6.45, 7) is 2.86. The zero-order valence-corrected chi connectivity index (χ0v) is 10.8. The summed E-state index contributed by atoms with van der Waals surface area (Å²) in [5.74, 6) is -1.15. The van der Waals surface area contributed by atoms with Crippen LogP contribution in [0.2, 0.25) is 0 Å². The van der Waals surface area contributed by atoms with Crippen LogP contribution in [0.1, 0.15) is 33.1 Å². The molecule has 8 heteroatoms. The number of hydrogen-bond acceptors (Lipinski definition) is 2. The van der Waals surface area contributed by atoms with Gasteiger partial charge in [-0.3, -0.25) is 0 Å². The van der Waals surface area contributed by atoms with Crippen molar-refractivity contribution in [3.05, 3.63) is 0 Å². The van der Waals surface area contributed by atoms with Crippen LogP contribution in [0.25, 0.3) is 0 Å². The summed E-state index contributed by atoms with van der Waals surface area (Å²) in [6, 6.07) is -1.86. The second-order valence-corrected chi connectivity index (χ2v) is 5.00. The lowest BCUT2D eigenvalue weighted by atomic mass is 10.00. The Kier molecular flexibility index (Phi) is 4.32. The molecule has 2 unspecified atom stereocenters. The number of urea groups is 1. The molecule has 1 saturated heterocycles. The van der Waals surface area contributed by atoms with Gasteiger partial charge in [-0.25, -0.2) is 9.59 Å². The average molecular weight is 282 g/mol. The van der Waals surface area contributed by atoms with Crippen LogP contribution in [0.15, 0.2) is 0 Å². The van der Waals surface area contributed by atoms with E-state index >= 15 is 0 Å². The van der Waals surface area contributed by atoms with Crippen molar-refractivity contribution in [1.29, 1.82) is 0 Å². The van der Waals surface area contributed by atoms with E-state index in [0.29, 0.717) is 12.8 Å². The SMILES string of the molecule is CC(CC(F)(F)F)NC(=O)N1CCCC1(C)C(=O)O. The van der Waals surface area contributed by atoms with Crippen LogP contribution in [-0.4, -0.2) is 46.3 Å². The summed E-state index contributed by atoms with van der Waals surface area (Å²) in [5.41, 5.74) is -1.35. The van der Waals surface area contributed by atoms with Gasteiger partial charge in [-0.05, 0) is 26.7 Å². The van der Waals surface area contributed by atoms with Gasteiger partial charge in [0.05, 0.1) is 6.42 Å². The number of carboxylic acid groups (broad SMARTS) is 1. The summed E-state index contributed by atoms with van der Waals surface area (Å²) in [4.78, 5) is 24.1. The number of rotatable bonds is 3. The van der Waals surface area contributed by atoms with Gasteiger partial charge in [-0.1, -0.05) is 0 Å². The Labute approximate surface area is 108 Å². The molecule has 0 bridgehead atoms. The maximum atomic E-state index is 12.2. The summed E-state index contributed by atoms with van der Waals surface area (Å²) in [7, 11) is 0.